The van der Waals surface area contributed by atoms with Gasteiger partial charge in [-0.15, -0.1) is 0 Å². The number of benzene rings is 1. The number of rotatable bonds is 6. The van der Waals surface area contributed by atoms with Crippen molar-refractivity contribution in [2.24, 2.45) is 5.73 Å². The number of hydrogen-bond acceptors (Lipinski definition) is 5. The van der Waals surface area contributed by atoms with Crippen molar-refractivity contribution < 1.29 is 13.5 Å². The lowest BCUT2D eigenvalue weighted by Gasteiger charge is -2.14. The van der Waals surface area contributed by atoms with Crippen molar-refractivity contribution in [1.82, 2.24) is 20.2 Å². The summed E-state index contributed by atoms with van der Waals surface area (Å²) in [5.74, 6) is -1.24. The third-order valence-corrected chi connectivity index (χ3v) is 4.62. The molecule has 0 saturated carbocycles. The number of pyridine rings is 2. The molecule has 3 aromatic heterocycles. The lowest BCUT2D eigenvalue weighted by atomic mass is 10.1. The van der Waals surface area contributed by atoms with E-state index in [1.54, 1.807) is 18.6 Å². The first-order valence-electron chi connectivity index (χ1n) is 9.08. The second kappa shape index (κ2) is 7.92. The van der Waals surface area contributed by atoms with E-state index in [1.807, 2.05) is 19.1 Å². The van der Waals surface area contributed by atoms with Gasteiger partial charge in [0.15, 0.2) is 11.6 Å². The number of ether oxygens (including phenoxy) is 1. The molecular formula is C21H19F2N5O. The van der Waals surface area contributed by atoms with Gasteiger partial charge in [-0.1, -0.05) is 12.1 Å². The van der Waals surface area contributed by atoms with Gasteiger partial charge in [-0.25, -0.2) is 8.78 Å². The molecule has 6 nitrogen and oxygen atoms in total. The number of aromatic amines is 1. The van der Waals surface area contributed by atoms with Gasteiger partial charge in [0.1, 0.15) is 17.9 Å². The minimum atomic E-state index is -0.884. The Hall–Kier alpha value is -3.39. The average molecular weight is 395 g/mol. The number of H-pyrrole nitrogens is 1. The summed E-state index contributed by atoms with van der Waals surface area (Å²) in [7, 11) is 0. The minimum Gasteiger partial charge on any atom is -0.490 e. The number of hydrogen-bond donors (Lipinski definition) is 2. The molecule has 4 aromatic rings. The van der Waals surface area contributed by atoms with E-state index < -0.39 is 17.7 Å². The zero-order valence-corrected chi connectivity index (χ0v) is 15.7. The first kappa shape index (κ1) is 18.9. The molecule has 1 aromatic carbocycles. The van der Waals surface area contributed by atoms with Gasteiger partial charge in [-0.2, -0.15) is 5.10 Å². The lowest BCUT2D eigenvalue weighted by Crippen LogP contribution is -2.30. The summed E-state index contributed by atoms with van der Waals surface area (Å²) in [5, 5.41) is 8.09. The molecule has 0 radical (unpaired) electrons. The number of fused-ring (bicyclic) bond motifs is 1. The molecule has 3 heterocycles. The highest BCUT2D eigenvalue weighted by Crippen LogP contribution is 2.25. The molecule has 3 N–H and O–H groups in total. The van der Waals surface area contributed by atoms with Crippen molar-refractivity contribution in [2.45, 2.75) is 19.4 Å². The monoisotopic (exact) mass is 395 g/mol. The number of nitrogens with two attached hydrogens (primary N) is 1. The molecule has 29 heavy (non-hydrogen) atoms. The number of nitrogens with one attached hydrogen (secondary N) is 1. The highest BCUT2D eigenvalue weighted by atomic mass is 19.2. The summed E-state index contributed by atoms with van der Waals surface area (Å²) in [6.07, 6.45) is 5.12. The molecule has 8 heteroatoms. The Bertz CT molecular complexity index is 1160. The topological polar surface area (TPSA) is 89.7 Å². The Morgan fingerprint density at radius 3 is 2.90 bits per heavy atom. The van der Waals surface area contributed by atoms with E-state index >= 15 is 0 Å². The Balaban J connectivity index is 1.45. The van der Waals surface area contributed by atoms with Crippen molar-refractivity contribution in [1.29, 1.82) is 0 Å². The van der Waals surface area contributed by atoms with Gasteiger partial charge in [0.25, 0.3) is 0 Å². The molecule has 0 saturated heterocycles. The second-order valence-electron chi connectivity index (χ2n) is 6.83. The van der Waals surface area contributed by atoms with Crippen LogP contribution in [0.4, 0.5) is 8.78 Å². The van der Waals surface area contributed by atoms with Crippen LogP contribution in [-0.2, 0) is 6.42 Å². The van der Waals surface area contributed by atoms with Gasteiger partial charge in [0, 0.05) is 28.9 Å². The van der Waals surface area contributed by atoms with Gasteiger partial charge in [0.05, 0.1) is 18.1 Å². The van der Waals surface area contributed by atoms with Crippen LogP contribution in [0.2, 0.25) is 0 Å². The molecule has 1 atom stereocenters. The lowest BCUT2D eigenvalue weighted by molar-refractivity contribution is 0.285. The fourth-order valence-corrected chi connectivity index (χ4v) is 3.09. The van der Waals surface area contributed by atoms with Crippen LogP contribution >= 0.6 is 0 Å². The number of halogens is 2. The molecule has 0 aliphatic carbocycles. The van der Waals surface area contributed by atoms with E-state index in [9.17, 15) is 8.78 Å². The number of nitrogens with zero attached hydrogens (tertiary/aromatic N) is 3. The van der Waals surface area contributed by atoms with Crippen LogP contribution in [0.25, 0.3) is 22.2 Å². The molecule has 0 aliphatic rings. The van der Waals surface area contributed by atoms with E-state index in [-0.39, 0.29) is 18.6 Å². The molecule has 148 valence electrons. The molecule has 0 amide bonds. The predicted molar refractivity (Wildman–Crippen MR) is 105 cm³/mol. The largest absolute Gasteiger partial charge is 0.490 e. The van der Waals surface area contributed by atoms with E-state index in [0.29, 0.717) is 5.75 Å². The summed E-state index contributed by atoms with van der Waals surface area (Å²) in [4.78, 5) is 8.62. The maximum atomic E-state index is 13.8. The SMILES string of the molecule is Cc1[nH]nc2cnc(-c3cncc(OC[C@@H](N)Cc4cccc(F)c4F)c3)cc12. The highest BCUT2D eigenvalue weighted by molar-refractivity contribution is 5.84. The Kier molecular flexibility index (Phi) is 5.18. The smallest absolute Gasteiger partial charge is 0.162 e. The molecular weight excluding hydrogens is 376 g/mol. The maximum absolute atomic E-state index is 13.8. The van der Waals surface area contributed by atoms with Crippen molar-refractivity contribution >= 4 is 10.9 Å². The van der Waals surface area contributed by atoms with Gasteiger partial charge in [-0.3, -0.25) is 15.1 Å². The van der Waals surface area contributed by atoms with Crippen LogP contribution in [0, 0.1) is 18.6 Å². The zero-order chi connectivity index (χ0) is 20.4. The average Bonchev–Trinajstić information content (AvgIpc) is 3.10. The standard InChI is InChI=1S/C21H19F2N5O/c1-12-17-7-19(26-10-20(17)28-27-12)14-6-16(9-25-8-14)29-11-15(24)5-13-3-2-4-18(22)21(13)23/h2-4,6-10,15H,5,11,24H2,1H3,(H,27,28)/t15-/m0/s1. The highest BCUT2D eigenvalue weighted by Gasteiger charge is 2.13. The minimum absolute atomic E-state index is 0.133. The second-order valence-corrected chi connectivity index (χ2v) is 6.83. The van der Waals surface area contributed by atoms with Crippen LogP contribution in [0.5, 0.6) is 5.75 Å². The molecule has 0 unspecified atom stereocenters. The summed E-state index contributed by atoms with van der Waals surface area (Å²) < 4.78 is 32.8. The number of aromatic nitrogens is 4. The van der Waals surface area contributed by atoms with Crippen LogP contribution in [0.15, 0.2) is 48.9 Å². The van der Waals surface area contributed by atoms with Crippen molar-refractivity contribution in [3.8, 4) is 17.0 Å². The zero-order valence-electron chi connectivity index (χ0n) is 15.7. The van der Waals surface area contributed by atoms with Gasteiger partial charge < -0.3 is 10.5 Å². The normalized spacial score (nSPS) is 12.3. The Morgan fingerprint density at radius 2 is 2.03 bits per heavy atom. The third kappa shape index (κ3) is 4.07. The summed E-state index contributed by atoms with van der Waals surface area (Å²) in [5.41, 5.74) is 9.53. The molecule has 0 bridgehead atoms. The molecule has 0 fully saturated rings. The molecule has 0 spiro atoms. The fourth-order valence-electron chi connectivity index (χ4n) is 3.09. The Labute approximate surface area is 165 Å². The third-order valence-electron chi connectivity index (χ3n) is 4.62. The van der Waals surface area contributed by atoms with Crippen LogP contribution in [0.3, 0.4) is 0 Å². The molecule has 0 aliphatic heterocycles. The first-order chi connectivity index (χ1) is 14.0. The van der Waals surface area contributed by atoms with E-state index in [0.717, 1.165) is 33.9 Å². The van der Waals surface area contributed by atoms with E-state index in [4.69, 9.17) is 10.5 Å². The summed E-state index contributed by atoms with van der Waals surface area (Å²) >= 11 is 0. The van der Waals surface area contributed by atoms with Crippen molar-refractivity contribution in [3.05, 3.63) is 71.8 Å². The van der Waals surface area contributed by atoms with Crippen LogP contribution in [-0.4, -0.2) is 32.8 Å². The number of aryl methyl sites for hydroxylation is 1. The van der Waals surface area contributed by atoms with Crippen LogP contribution in [0.1, 0.15) is 11.3 Å². The van der Waals surface area contributed by atoms with Gasteiger partial charge >= 0.3 is 0 Å². The van der Waals surface area contributed by atoms with Gasteiger partial charge in [-0.05, 0) is 37.1 Å². The quantitative estimate of drug-likeness (QED) is 0.521. The molecule has 4 rings (SSSR count). The van der Waals surface area contributed by atoms with Gasteiger partial charge in [0.2, 0.25) is 0 Å². The summed E-state index contributed by atoms with van der Waals surface area (Å²) in [6, 6.07) is 7.30. The van der Waals surface area contributed by atoms with Crippen molar-refractivity contribution in [3.63, 3.8) is 0 Å². The fraction of sp³-hybridized carbons (Fsp3) is 0.190. The predicted octanol–water partition coefficient (Wildman–Crippen LogP) is 3.56. The first-order valence-corrected chi connectivity index (χ1v) is 9.08. The van der Waals surface area contributed by atoms with E-state index in [1.165, 1.54) is 12.1 Å². The maximum Gasteiger partial charge on any atom is 0.162 e. The Morgan fingerprint density at radius 1 is 1.17 bits per heavy atom. The summed E-state index contributed by atoms with van der Waals surface area (Å²) in [6.45, 7) is 2.08. The van der Waals surface area contributed by atoms with Crippen molar-refractivity contribution in [2.75, 3.05) is 6.61 Å². The van der Waals surface area contributed by atoms with Crippen LogP contribution < -0.4 is 10.5 Å². The van der Waals surface area contributed by atoms with E-state index in [2.05, 4.69) is 20.2 Å².